The molecule has 0 spiro atoms. The van der Waals surface area contributed by atoms with Crippen LogP contribution in [0.25, 0.3) is 0 Å². The van der Waals surface area contributed by atoms with Crippen LogP contribution in [0.5, 0.6) is 0 Å². The number of hydrogen-bond donors (Lipinski definition) is 0. The Morgan fingerprint density at radius 2 is 1.86 bits per heavy atom. The Hall–Kier alpha value is -2.21. The van der Waals surface area contributed by atoms with Crippen molar-refractivity contribution in [1.82, 2.24) is 9.80 Å². The fourth-order valence-corrected chi connectivity index (χ4v) is 3.05. The summed E-state index contributed by atoms with van der Waals surface area (Å²) >= 11 is 0. The van der Waals surface area contributed by atoms with E-state index in [1.807, 2.05) is 0 Å². The molecule has 1 atom stereocenters. The maximum absolute atomic E-state index is 12.3. The Morgan fingerprint density at radius 3 is 2.45 bits per heavy atom. The Bertz CT molecular complexity index is 593. The van der Waals surface area contributed by atoms with Crippen molar-refractivity contribution in [2.24, 2.45) is 5.92 Å². The highest BCUT2D eigenvalue weighted by Crippen LogP contribution is 2.23. The molecule has 1 fully saturated rings. The summed E-state index contributed by atoms with van der Waals surface area (Å²) in [6, 6.07) is 6.66. The van der Waals surface area contributed by atoms with Gasteiger partial charge in [-0.05, 0) is 18.6 Å². The maximum atomic E-state index is 12.3. The quantitative estimate of drug-likeness (QED) is 0.771. The van der Waals surface area contributed by atoms with Crippen LogP contribution < -0.4 is 0 Å². The van der Waals surface area contributed by atoms with E-state index in [0.717, 1.165) is 11.3 Å². The van der Waals surface area contributed by atoms with Gasteiger partial charge in [-0.3, -0.25) is 19.3 Å². The lowest BCUT2D eigenvalue weighted by atomic mass is 10.1. The molecule has 0 radical (unpaired) electrons. The molecule has 3 amide bonds. The third kappa shape index (κ3) is 2.50. The molecule has 6 heteroatoms. The van der Waals surface area contributed by atoms with Crippen LogP contribution in [0.3, 0.4) is 0 Å². The molecule has 22 heavy (non-hydrogen) atoms. The number of carbonyl (C=O) groups is 3. The van der Waals surface area contributed by atoms with Crippen LogP contribution in [-0.2, 0) is 9.53 Å². The Kier molecular flexibility index (Phi) is 3.94. The van der Waals surface area contributed by atoms with E-state index in [0.29, 0.717) is 36.7 Å². The van der Waals surface area contributed by atoms with Gasteiger partial charge in [0, 0.05) is 26.1 Å². The summed E-state index contributed by atoms with van der Waals surface area (Å²) in [4.78, 5) is 39.5. The van der Waals surface area contributed by atoms with Crippen molar-refractivity contribution in [3.63, 3.8) is 0 Å². The molecular formula is C16H18N2O4. The standard InChI is InChI=1S/C16H18N2O4/c1-22-10-11-6-7-17(8-11)14(19)9-18-15(20)12-4-2-3-5-13(12)16(18)21/h2-5,11H,6-10H2,1H3/t11-/m0/s1. The zero-order valence-electron chi connectivity index (χ0n) is 12.4. The smallest absolute Gasteiger partial charge is 0.262 e. The van der Waals surface area contributed by atoms with Gasteiger partial charge in [0.25, 0.3) is 11.8 Å². The molecule has 0 aliphatic carbocycles. The van der Waals surface area contributed by atoms with Crippen molar-refractivity contribution in [3.05, 3.63) is 35.4 Å². The molecule has 2 aliphatic rings. The van der Waals surface area contributed by atoms with Gasteiger partial charge in [0.05, 0.1) is 17.7 Å². The largest absolute Gasteiger partial charge is 0.384 e. The van der Waals surface area contributed by atoms with Crippen LogP contribution in [0, 0.1) is 5.92 Å². The second kappa shape index (κ2) is 5.88. The fraction of sp³-hybridized carbons (Fsp3) is 0.438. The first kappa shape index (κ1) is 14.7. The Morgan fingerprint density at radius 1 is 1.23 bits per heavy atom. The lowest BCUT2D eigenvalue weighted by molar-refractivity contribution is -0.130. The summed E-state index contributed by atoms with van der Waals surface area (Å²) in [7, 11) is 1.64. The first-order valence-electron chi connectivity index (χ1n) is 7.33. The number of carbonyl (C=O) groups excluding carboxylic acids is 3. The Balaban J connectivity index is 1.66. The molecule has 2 heterocycles. The molecule has 0 bridgehead atoms. The summed E-state index contributed by atoms with van der Waals surface area (Å²) in [6.45, 7) is 1.70. The molecule has 0 saturated carbocycles. The van der Waals surface area contributed by atoms with Crippen LogP contribution in [0.15, 0.2) is 24.3 Å². The van der Waals surface area contributed by atoms with Crippen LogP contribution in [0.4, 0.5) is 0 Å². The summed E-state index contributed by atoms with van der Waals surface area (Å²) in [5, 5.41) is 0. The van der Waals surface area contributed by atoms with E-state index < -0.39 is 0 Å². The van der Waals surface area contributed by atoms with Crippen LogP contribution in [-0.4, -0.2) is 60.9 Å². The number of imide groups is 1. The highest BCUT2D eigenvalue weighted by atomic mass is 16.5. The van der Waals surface area contributed by atoms with E-state index in [1.54, 1.807) is 36.3 Å². The number of benzene rings is 1. The minimum atomic E-state index is -0.387. The van der Waals surface area contributed by atoms with Crippen molar-refractivity contribution in [3.8, 4) is 0 Å². The average molecular weight is 302 g/mol. The SMILES string of the molecule is COC[C@H]1CCN(C(=O)CN2C(=O)c3ccccc3C2=O)C1. The highest BCUT2D eigenvalue weighted by Gasteiger charge is 2.37. The monoisotopic (exact) mass is 302 g/mol. The summed E-state index contributed by atoms with van der Waals surface area (Å²) < 4.78 is 5.11. The van der Waals surface area contributed by atoms with Crippen molar-refractivity contribution in [2.45, 2.75) is 6.42 Å². The number of amides is 3. The third-order valence-corrected chi connectivity index (χ3v) is 4.21. The van der Waals surface area contributed by atoms with Gasteiger partial charge >= 0.3 is 0 Å². The lowest BCUT2D eigenvalue weighted by Gasteiger charge is -2.20. The van der Waals surface area contributed by atoms with E-state index in [9.17, 15) is 14.4 Å². The zero-order valence-corrected chi connectivity index (χ0v) is 12.4. The van der Waals surface area contributed by atoms with E-state index in [2.05, 4.69) is 0 Å². The van der Waals surface area contributed by atoms with Gasteiger partial charge in [-0.25, -0.2) is 0 Å². The van der Waals surface area contributed by atoms with Crippen LogP contribution >= 0.6 is 0 Å². The number of methoxy groups -OCH3 is 1. The first-order chi connectivity index (χ1) is 10.6. The number of ether oxygens (including phenoxy) is 1. The molecule has 0 N–H and O–H groups in total. The van der Waals surface area contributed by atoms with Gasteiger partial charge in [-0.1, -0.05) is 12.1 Å². The minimum absolute atomic E-state index is 0.187. The topological polar surface area (TPSA) is 66.9 Å². The number of hydrogen-bond acceptors (Lipinski definition) is 4. The molecule has 116 valence electrons. The first-order valence-corrected chi connectivity index (χ1v) is 7.33. The van der Waals surface area contributed by atoms with Gasteiger partial charge in [0.15, 0.2) is 0 Å². The number of rotatable bonds is 4. The molecule has 0 unspecified atom stereocenters. The molecule has 6 nitrogen and oxygen atoms in total. The molecule has 0 aromatic heterocycles. The maximum Gasteiger partial charge on any atom is 0.262 e. The van der Waals surface area contributed by atoms with Crippen molar-refractivity contribution < 1.29 is 19.1 Å². The van der Waals surface area contributed by atoms with Gasteiger partial charge < -0.3 is 9.64 Å². The predicted octanol–water partition coefficient (Wildman–Crippen LogP) is 0.777. The molecule has 1 saturated heterocycles. The summed E-state index contributed by atoms with van der Waals surface area (Å²) in [6.07, 6.45) is 0.891. The van der Waals surface area contributed by atoms with Crippen LogP contribution in [0.2, 0.25) is 0 Å². The van der Waals surface area contributed by atoms with Crippen LogP contribution in [0.1, 0.15) is 27.1 Å². The number of nitrogens with zero attached hydrogens (tertiary/aromatic N) is 2. The van der Waals surface area contributed by atoms with Gasteiger partial charge in [-0.15, -0.1) is 0 Å². The average Bonchev–Trinajstić information content (AvgIpc) is 3.08. The molecule has 1 aromatic carbocycles. The predicted molar refractivity (Wildman–Crippen MR) is 78.4 cm³/mol. The third-order valence-electron chi connectivity index (χ3n) is 4.21. The van der Waals surface area contributed by atoms with Gasteiger partial charge in [-0.2, -0.15) is 0 Å². The van der Waals surface area contributed by atoms with E-state index in [1.165, 1.54) is 0 Å². The van der Waals surface area contributed by atoms with Gasteiger partial charge in [0.2, 0.25) is 5.91 Å². The summed E-state index contributed by atoms with van der Waals surface area (Å²) in [5.41, 5.74) is 0.748. The van der Waals surface area contributed by atoms with E-state index in [-0.39, 0.29) is 24.3 Å². The zero-order chi connectivity index (χ0) is 15.7. The molecule has 2 aliphatic heterocycles. The molecular weight excluding hydrogens is 284 g/mol. The molecule has 1 aromatic rings. The summed E-state index contributed by atoms with van der Waals surface area (Å²) in [5.74, 6) is -0.632. The lowest BCUT2D eigenvalue weighted by Crippen LogP contribution is -2.42. The van der Waals surface area contributed by atoms with Crippen molar-refractivity contribution in [2.75, 3.05) is 33.4 Å². The van der Waals surface area contributed by atoms with E-state index in [4.69, 9.17) is 4.74 Å². The van der Waals surface area contributed by atoms with Crippen molar-refractivity contribution >= 4 is 17.7 Å². The second-order valence-corrected chi connectivity index (χ2v) is 5.69. The fourth-order valence-electron chi connectivity index (χ4n) is 3.05. The Labute approximate surface area is 128 Å². The molecule has 3 rings (SSSR count). The van der Waals surface area contributed by atoms with E-state index >= 15 is 0 Å². The van der Waals surface area contributed by atoms with Crippen molar-refractivity contribution in [1.29, 1.82) is 0 Å². The second-order valence-electron chi connectivity index (χ2n) is 5.69. The number of likely N-dealkylation sites (tertiary alicyclic amines) is 1. The minimum Gasteiger partial charge on any atom is -0.384 e. The highest BCUT2D eigenvalue weighted by molar-refractivity contribution is 6.22. The van der Waals surface area contributed by atoms with Gasteiger partial charge in [0.1, 0.15) is 6.54 Å². The normalized spacial score (nSPS) is 20.7. The number of fused-ring (bicyclic) bond motifs is 1.